The molecule has 0 saturated carbocycles. The van der Waals surface area contributed by atoms with Gasteiger partial charge in [-0.1, -0.05) is 147 Å². The number of anilines is 6. The highest BCUT2D eigenvalue weighted by atomic mass is 15.2. The van der Waals surface area contributed by atoms with Gasteiger partial charge in [-0.3, -0.25) is 0 Å². The van der Waals surface area contributed by atoms with Crippen LogP contribution < -0.4 is 9.80 Å². The largest absolute Gasteiger partial charge is 0.310 e. The quantitative estimate of drug-likeness (QED) is 0.161. The van der Waals surface area contributed by atoms with E-state index in [2.05, 4.69) is 241 Å². The predicted molar refractivity (Wildman–Crippen MR) is 245 cm³/mol. The normalized spacial score (nSPS) is 12.8. The molecule has 58 heavy (non-hydrogen) atoms. The van der Waals surface area contributed by atoms with E-state index in [9.17, 15) is 0 Å². The summed E-state index contributed by atoms with van der Waals surface area (Å²) in [5, 5.41) is 5.02. The van der Waals surface area contributed by atoms with Gasteiger partial charge in [0.1, 0.15) is 0 Å². The summed E-state index contributed by atoms with van der Waals surface area (Å²) in [6, 6.07) is 77.2. The van der Waals surface area contributed by atoms with Crippen LogP contribution in [0.5, 0.6) is 0 Å². The molecule has 0 atom stereocenters. The van der Waals surface area contributed by atoms with Crippen LogP contribution in [0, 0.1) is 0 Å². The summed E-state index contributed by atoms with van der Waals surface area (Å²) >= 11 is 0. The molecule has 0 saturated heterocycles. The maximum atomic E-state index is 2.50. The lowest BCUT2D eigenvalue weighted by atomic mass is 9.80. The van der Waals surface area contributed by atoms with Crippen LogP contribution in [0.2, 0.25) is 0 Å². The molecule has 11 rings (SSSR count). The number of hydrogen-bond donors (Lipinski definition) is 0. The topological polar surface area (TPSA) is 11.4 Å². The fourth-order valence-corrected chi connectivity index (χ4v) is 9.55. The van der Waals surface area contributed by atoms with Crippen LogP contribution in [0.4, 0.5) is 34.1 Å². The summed E-state index contributed by atoms with van der Waals surface area (Å²) in [5.74, 6) is 0. The molecule has 0 aliphatic heterocycles. The Morgan fingerprint density at radius 1 is 0.397 bits per heavy atom. The number of nitrogens with zero attached hydrogens (tertiary/aromatic N) is 3. The first-order chi connectivity index (χ1) is 28.6. The Kier molecular flexibility index (Phi) is 7.84. The molecule has 0 unspecified atom stereocenters. The maximum Gasteiger partial charge on any atom is 0.0583 e. The second-order valence-corrected chi connectivity index (χ2v) is 15.8. The highest BCUT2D eigenvalue weighted by molar-refractivity contribution is 6.18. The van der Waals surface area contributed by atoms with Crippen molar-refractivity contribution in [1.82, 2.24) is 4.57 Å². The van der Waals surface area contributed by atoms with Crippen LogP contribution in [0.1, 0.15) is 25.0 Å². The summed E-state index contributed by atoms with van der Waals surface area (Å²) in [6.07, 6.45) is 0. The smallest absolute Gasteiger partial charge is 0.0583 e. The van der Waals surface area contributed by atoms with Crippen molar-refractivity contribution >= 4 is 66.7 Å². The average Bonchev–Trinajstić information content (AvgIpc) is 3.73. The van der Waals surface area contributed by atoms with E-state index >= 15 is 0 Å². The van der Waals surface area contributed by atoms with E-state index in [0.29, 0.717) is 0 Å². The first-order valence-corrected chi connectivity index (χ1v) is 20.1. The van der Waals surface area contributed by atoms with E-state index in [4.69, 9.17) is 0 Å². The minimum atomic E-state index is -0.189. The molecule has 0 bridgehead atoms. The van der Waals surface area contributed by atoms with Crippen molar-refractivity contribution in [2.45, 2.75) is 19.3 Å². The standard InChI is InChI=1S/C55H41N3/c1-55(2)49-35-43(32-34-46(49)47-33-31-38-19-15-16-28-45(38)54(47)55)58-50-30-18-17-29-48(50)53-51(57(41-24-11-5-12-25-41)42-26-13-6-14-27-42)36-44(37-52(53)58)56(39-20-7-3-8-21-39)40-22-9-4-10-23-40/h3-37H,1-2H3. The molecule has 9 aromatic carbocycles. The van der Waals surface area contributed by atoms with Gasteiger partial charge in [-0.05, 0) is 112 Å². The summed E-state index contributed by atoms with van der Waals surface area (Å²) in [7, 11) is 0. The summed E-state index contributed by atoms with van der Waals surface area (Å²) in [5.41, 5.74) is 15.2. The Labute approximate surface area is 339 Å². The zero-order valence-corrected chi connectivity index (χ0v) is 32.5. The Bertz CT molecular complexity index is 3050. The van der Waals surface area contributed by atoms with E-state index in [1.54, 1.807) is 0 Å². The van der Waals surface area contributed by atoms with Gasteiger partial charge < -0.3 is 14.4 Å². The van der Waals surface area contributed by atoms with Gasteiger partial charge in [0.15, 0.2) is 0 Å². The fourth-order valence-electron chi connectivity index (χ4n) is 9.55. The number of aromatic nitrogens is 1. The Balaban J connectivity index is 1.24. The third-order valence-corrected chi connectivity index (χ3v) is 12.1. The molecule has 0 amide bonds. The molecular weight excluding hydrogens is 703 g/mol. The first kappa shape index (κ1) is 33.9. The molecule has 3 nitrogen and oxygen atoms in total. The van der Waals surface area contributed by atoms with Crippen molar-refractivity contribution in [2.75, 3.05) is 9.80 Å². The lowest BCUT2D eigenvalue weighted by molar-refractivity contribution is 0.666. The summed E-state index contributed by atoms with van der Waals surface area (Å²) in [6.45, 7) is 4.79. The van der Waals surface area contributed by atoms with Crippen molar-refractivity contribution in [3.05, 3.63) is 223 Å². The van der Waals surface area contributed by atoms with Crippen LogP contribution in [-0.2, 0) is 5.41 Å². The highest BCUT2D eigenvalue weighted by Gasteiger charge is 2.37. The van der Waals surface area contributed by atoms with Gasteiger partial charge in [0, 0.05) is 44.6 Å². The zero-order chi connectivity index (χ0) is 38.8. The van der Waals surface area contributed by atoms with E-state index in [0.717, 1.165) is 45.3 Å². The van der Waals surface area contributed by atoms with E-state index in [1.807, 2.05) is 0 Å². The highest BCUT2D eigenvalue weighted by Crippen LogP contribution is 2.53. The SMILES string of the molecule is CC1(C)c2cc(-n3c4ccccc4c4c(N(c5ccccc5)c5ccccc5)cc(N(c5ccccc5)c5ccccc5)cc43)ccc2-c2ccc3ccccc3c21. The minimum absolute atomic E-state index is 0.189. The molecule has 1 aromatic heterocycles. The number of hydrogen-bond acceptors (Lipinski definition) is 2. The molecule has 0 spiro atoms. The van der Waals surface area contributed by atoms with Gasteiger partial charge >= 0.3 is 0 Å². The van der Waals surface area contributed by atoms with Crippen molar-refractivity contribution < 1.29 is 0 Å². The number of para-hydroxylation sites is 5. The summed E-state index contributed by atoms with van der Waals surface area (Å²) in [4.78, 5) is 4.80. The third-order valence-electron chi connectivity index (χ3n) is 12.1. The van der Waals surface area contributed by atoms with Gasteiger partial charge in [-0.2, -0.15) is 0 Å². The van der Waals surface area contributed by atoms with E-state index < -0.39 is 0 Å². The molecule has 1 heterocycles. The van der Waals surface area contributed by atoms with Gasteiger partial charge in [0.2, 0.25) is 0 Å². The van der Waals surface area contributed by atoms with Crippen LogP contribution in [0.15, 0.2) is 212 Å². The molecule has 1 aliphatic carbocycles. The number of benzene rings is 9. The van der Waals surface area contributed by atoms with Crippen molar-refractivity contribution in [3.63, 3.8) is 0 Å². The Hall–Kier alpha value is -7.36. The number of rotatable bonds is 7. The maximum absolute atomic E-state index is 2.50. The van der Waals surface area contributed by atoms with Crippen LogP contribution in [-0.4, -0.2) is 4.57 Å². The molecule has 3 heteroatoms. The molecule has 1 aliphatic rings. The zero-order valence-electron chi connectivity index (χ0n) is 32.5. The fraction of sp³-hybridized carbons (Fsp3) is 0.0545. The monoisotopic (exact) mass is 743 g/mol. The van der Waals surface area contributed by atoms with Crippen LogP contribution >= 0.6 is 0 Å². The molecule has 0 N–H and O–H groups in total. The van der Waals surface area contributed by atoms with E-state index in [1.165, 1.54) is 49.3 Å². The first-order valence-electron chi connectivity index (χ1n) is 20.1. The second kappa shape index (κ2) is 13.4. The lowest BCUT2D eigenvalue weighted by Crippen LogP contribution is -2.16. The summed E-state index contributed by atoms with van der Waals surface area (Å²) < 4.78 is 2.50. The predicted octanol–water partition coefficient (Wildman–Crippen LogP) is 15.2. The van der Waals surface area contributed by atoms with Gasteiger partial charge in [0.25, 0.3) is 0 Å². The molecule has 276 valence electrons. The van der Waals surface area contributed by atoms with Gasteiger partial charge in [-0.15, -0.1) is 0 Å². The second-order valence-electron chi connectivity index (χ2n) is 15.8. The Morgan fingerprint density at radius 2 is 0.914 bits per heavy atom. The van der Waals surface area contributed by atoms with Gasteiger partial charge in [-0.25, -0.2) is 0 Å². The molecular formula is C55H41N3. The molecule has 0 radical (unpaired) electrons. The number of fused-ring (bicyclic) bond motifs is 8. The molecule has 10 aromatic rings. The molecule has 0 fully saturated rings. The van der Waals surface area contributed by atoms with Crippen LogP contribution in [0.3, 0.4) is 0 Å². The third kappa shape index (κ3) is 5.28. The van der Waals surface area contributed by atoms with Gasteiger partial charge in [0.05, 0.1) is 22.4 Å². The lowest BCUT2D eigenvalue weighted by Gasteiger charge is -2.30. The van der Waals surface area contributed by atoms with Crippen molar-refractivity contribution in [3.8, 4) is 16.8 Å². The van der Waals surface area contributed by atoms with Crippen LogP contribution in [0.25, 0.3) is 49.4 Å². The minimum Gasteiger partial charge on any atom is -0.310 e. The van der Waals surface area contributed by atoms with E-state index in [-0.39, 0.29) is 5.41 Å². The van der Waals surface area contributed by atoms with Crippen molar-refractivity contribution in [2.24, 2.45) is 0 Å². The average molecular weight is 744 g/mol. The Morgan fingerprint density at radius 3 is 1.53 bits per heavy atom. The van der Waals surface area contributed by atoms with Crippen molar-refractivity contribution in [1.29, 1.82) is 0 Å².